The van der Waals surface area contributed by atoms with E-state index in [2.05, 4.69) is 4.98 Å². The van der Waals surface area contributed by atoms with Gasteiger partial charge in [0.05, 0.1) is 11.3 Å². The maximum absolute atomic E-state index is 6.06. The van der Waals surface area contributed by atoms with Crippen LogP contribution in [-0.2, 0) is 4.74 Å². The molecule has 0 amide bonds. The molecule has 1 spiro atoms. The van der Waals surface area contributed by atoms with E-state index in [1.54, 1.807) is 0 Å². The number of aromatic nitrogens is 1. The highest BCUT2D eigenvalue weighted by atomic mass is 32.2. The molecule has 1 aliphatic carbocycles. The minimum Gasteiger partial charge on any atom is -0.397 e. The molecule has 2 aliphatic rings. The summed E-state index contributed by atoms with van der Waals surface area (Å²) in [6, 6.07) is 3.82. The van der Waals surface area contributed by atoms with Gasteiger partial charge in [0, 0.05) is 18.1 Å². The Morgan fingerprint density at radius 2 is 2.22 bits per heavy atom. The molecule has 18 heavy (non-hydrogen) atoms. The summed E-state index contributed by atoms with van der Waals surface area (Å²) in [6.45, 7) is 0.893. The summed E-state index contributed by atoms with van der Waals surface area (Å²) in [5.74, 6) is 0. The van der Waals surface area contributed by atoms with Gasteiger partial charge in [-0.2, -0.15) is 0 Å². The zero-order chi connectivity index (χ0) is 12.4. The van der Waals surface area contributed by atoms with E-state index in [4.69, 9.17) is 10.5 Å². The van der Waals surface area contributed by atoms with Crippen LogP contribution in [0.2, 0.25) is 0 Å². The van der Waals surface area contributed by atoms with Crippen LogP contribution in [0.1, 0.15) is 38.5 Å². The van der Waals surface area contributed by atoms with Gasteiger partial charge in [-0.3, -0.25) is 0 Å². The van der Waals surface area contributed by atoms with E-state index in [9.17, 15) is 0 Å². The fraction of sp³-hybridized carbons (Fsp3) is 0.643. The quantitative estimate of drug-likeness (QED) is 0.890. The van der Waals surface area contributed by atoms with Crippen LogP contribution in [0, 0.1) is 0 Å². The number of hydrogen-bond donors (Lipinski definition) is 1. The molecule has 2 N–H and O–H groups in total. The van der Waals surface area contributed by atoms with E-state index in [1.165, 1.54) is 25.7 Å². The number of thioether (sulfide) groups is 1. The first-order valence-corrected chi connectivity index (χ1v) is 7.67. The summed E-state index contributed by atoms with van der Waals surface area (Å²) < 4.78 is 6.06. The highest BCUT2D eigenvalue weighted by Crippen LogP contribution is 2.44. The van der Waals surface area contributed by atoms with Gasteiger partial charge in [0.2, 0.25) is 0 Å². The average Bonchev–Trinajstić information content (AvgIpc) is 2.80. The Balaban J connectivity index is 1.68. The lowest BCUT2D eigenvalue weighted by atomic mass is 9.92. The number of anilines is 1. The first-order chi connectivity index (χ1) is 8.77. The van der Waals surface area contributed by atoms with E-state index in [-0.39, 0.29) is 5.60 Å². The highest BCUT2D eigenvalue weighted by molar-refractivity contribution is 8.00. The third-order valence-electron chi connectivity index (χ3n) is 4.04. The third kappa shape index (κ3) is 2.50. The average molecular weight is 264 g/mol. The van der Waals surface area contributed by atoms with Gasteiger partial charge in [-0.05, 0) is 37.8 Å². The second-order valence-electron chi connectivity index (χ2n) is 5.37. The van der Waals surface area contributed by atoms with Gasteiger partial charge >= 0.3 is 0 Å². The number of ether oxygens (including phenoxy) is 1. The lowest BCUT2D eigenvalue weighted by Crippen LogP contribution is -2.38. The predicted octanol–water partition coefficient (Wildman–Crippen LogP) is 3.25. The van der Waals surface area contributed by atoms with Crippen molar-refractivity contribution in [1.29, 1.82) is 0 Å². The molecule has 0 radical (unpaired) electrons. The summed E-state index contributed by atoms with van der Waals surface area (Å²) >= 11 is 1.84. The van der Waals surface area contributed by atoms with Crippen molar-refractivity contribution in [1.82, 2.24) is 4.98 Å². The number of hydrogen-bond acceptors (Lipinski definition) is 4. The third-order valence-corrected chi connectivity index (χ3v) is 5.34. The van der Waals surface area contributed by atoms with E-state index in [0.29, 0.717) is 5.25 Å². The molecule has 2 fully saturated rings. The molecule has 1 unspecified atom stereocenters. The first-order valence-electron chi connectivity index (χ1n) is 6.79. The maximum Gasteiger partial charge on any atom is 0.119 e. The molecular weight excluding hydrogens is 244 g/mol. The molecule has 1 aromatic rings. The summed E-state index contributed by atoms with van der Waals surface area (Å²) in [4.78, 5) is 4.38. The Kier molecular flexibility index (Phi) is 3.48. The number of pyridine rings is 1. The summed E-state index contributed by atoms with van der Waals surface area (Å²) in [5.41, 5.74) is 6.95. The van der Waals surface area contributed by atoms with Gasteiger partial charge in [0.25, 0.3) is 0 Å². The molecule has 1 saturated carbocycles. The van der Waals surface area contributed by atoms with Gasteiger partial charge in [-0.25, -0.2) is 4.98 Å². The van der Waals surface area contributed by atoms with Crippen molar-refractivity contribution >= 4 is 17.4 Å². The molecule has 0 aromatic carbocycles. The van der Waals surface area contributed by atoms with Crippen LogP contribution in [0.3, 0.4) is 0 Å². The van der Waals surface area contributed by atoms with E-state index in [0.717, 1.165) is 30.2 Å². The van der Waals surface area contributed by atoms with Crippen molar-refractivity contribution < 1.29 is 4.74 Å². The van der Waals surface area contributed by atoms with Crippen molar-refractivity contribution in [2.75, 3.05) is 12.3 Å². The molecule has 4 heteroatoms. The minimum atomic E-state index is 0.180. The van der Waals surface area contributed by atoms with Gasteiger partial charge in [0.1, 0.15) is 5.03 Å². The molecule has 98 valence electrons. The van der Waals surface area contributed by atoms with Crippen LogP contribution >= 0.6 is 11.8 Å². The van der Waals surface area contributed by atoms with Gasteiger partial charge in [0.15, 0.2) is 0 Å². The van der Waals surface area contributed by atoms with Gasteiger partial charge in [-0.1, -0.05) is 12.8 Å². The molecule has 3 nitrogen and oxygen atoms in total. The van der Waals surface area contributed by atoms with Crippen LogP contribution in [0.5, 0.6) is 0 Å². The fourth-order valence-electron chi connectivity index (χ4n) is 3.11. The summed E-state index contributed by atoms with van der Waals surface area (Å²) in [7, 11) is 0. The van der Waals surface area contributed by atoms with Crippen LogP contribution in [0.25, 0.3) is 0 Å². The molecule has 1 atom stereocenters. The van der Waals surface area contributed by atoms with Gasteiger partial charge < -0.3 is 10.5 Å². The van der Waals surface area contributed by atoms with E-state index >= 15 is 0 Å². The smallest absolute Gasteiger partial charge is 0.119 e. The minimum absolute atomic E-state index is 0.180. The van der Waals surface area contributed by atoms with Crippen molar-refractivity contribution in [3.05, 3.63) is 18.3 Å². The van der Waals surface area contributed by atoms with Crippen molar-refractivity contribution in [2.24, 2.45) is 0 Å². The monoisotopic (exact) mass is 264 g/mol. The van der Waals surface area contributed by atoms with Crippen LogP contribution in [0.15, 0.2) is 23.4 Å². The highest BCUT2D eigenvalue weighted by Gasteiger charge is 2.40. The second kappa shape index (κ2) is 5.10. The first kappa shape index (κ1) is 12.3. The number of rotatable bonds is 2. The number of nitrogens with zero attached hydrogens (tertiary/aromatic N) is 1. The van der Waals surface area contributed by atoms with E-state index in [1.807, 2.05) is 30.1 Å². The Hall–Kier alpha value is -0.740. The second-order valence-corrected chi connectivity index (χ2v) is 6.66. The van der Waals surface area contributed by atoms with Crippen molar-refractivity contribution in [2.45, 2.75) is 54.4 Å². The van der Waals surface area contributed by atoms with Crippen LogP contribution < -0.4 is 5.73 Å². The topological polar surface area (TPSA) is 48.1 Å². The number of nitrogens with two attached hydrogens (primary N) is 1. The molecule has 0 bridgehead atoms. The van der Waals surface area contributed by atoms with Gasteiger partial charge in [-0.15, -0.1) is 11.8 Å². The zero-order valence-corrected chi connectivity index (χ0v) is 11.4. The lowest BCUT2D eigenvalue weighted by Gasteiger charge is -2.37. The Labute approximate surface area is 113 Å². The maximum atomic E-state index is 6.06. The molecule has 1 aliphatic heterocycles. The van der Waals surface area contributed by atoms with Crippen LogP contribution in [0.4, 0.5) is 5.69 Å². The van der Waals surface area contributed by atoms with E-state index < -0.39 is 0 Å². The standard InChI is InChI=1S/C14H20N2OS/c15-12-4-3-8-16-13(12)18-11-5-9-17-14(10-11)6-1-2-7-14/h3-4,8,11H,1-2,5-7,9-10,15H2. The Morgan fingerprint density at radius 3 is 3.00 bits per heavy atom. The molecule has 3 rings (SSSR count). The summed E-state index contributed by atoms with van der Waals surface area (Å²) in [6.07, 6.45) is 9.22. The number of nitrogen functional groups attached to an aromatic ring is 1. The molecular formula is C14H20N2OS. The fourth-order valence-corrected chi connectivity index (χ4v) is 4.35. The SMILES string of the molecule is Nc1cccnc1SC1CCOC2(CCCC2)C1. The van der Waals surface area contributed by atoms with Crippen LogP contribution in [-0.4, -0.2) is 22.4 Å². The molecule has 2 heterocycles. The molecule has 1 saturated heterocycles. The Bertz CT molecular complexity index is 418. The van der Waals surface area contributed by atoms with Crippen molar-refractivity contribution in [3.8, 4) is 0 Å². The Morgan fingerprint density at radius 1 is 1.39 bits per heavy atom. The lowest BCUT2D eigenvalue weighted by molar-refractivity contribution is -0.0704. The predicted molar refractivity (Wildman–Crippen MR) is 74.7 cm³/mol. The molecule has 1 aromatic heterocycles. The van der Waals surface area contributed by atoms with Crippen molar-refractivity contribution in [3.63, 3.8) is 0 Å². The normalized spacial score (nSPS) is 26.6. The summed E-state index contributed by atoms with van der Waals surface area (Å²) in [5, 5.41) is 1.59. The zero-order valence-electron chi connectivity index (χ0n) is 10.6. The largest absolute Gasteiger partial charge is 0.397 e.